The summed E-state index contributed by atoms with van der Waals surface area (Å²) in [6.45, 7) is 6.25. The molecule has 0 saturated carbocycles. The van der Waals surface area contributed by atoms with E-state index < -0.39 is 6.09 Å². The van der Waals surface area contributed by atoms with Crippen molar-refractivity contribution in [3.05, 3.63) is 29.8 Å². The molecule has 17 heavy (non-hydrogen) atoms. The molecule has 1 amide bonds. The third-order valence-corrected chi connectivity index (χ3v) is 2.45. The maximum atomic E-state index is 10.8. The van der Waals surface area contributed by atoms with Gasteiger partial charge in [-0.2, -0.15) is 0 Å². The molecule has 1 aromatic rings. The van der Waals surface area contributed by atoms with E-state index >= 15 is 0 Å². The van der Waals surface area contributed by atoms with Gasteiger partial charge in [-0.05, 0) is 29.5 Å². The first kappa shape index (κ1) is 13.4. The molecule has 1 atom stereocenters. The van der Waals surface area contributed by atoms with Crippen molar-refractivity contribution in [2.45, 2.75) is 33.2 Å². The Labute approximate surface area is 102 Å². The lowest BCUT2D eigenvalue weighted by atomic mass is 9.85. The van der Waals surface area contributed by atoms with Gasteiger partial charge in [0.15, 0.2) is 0 Å². The first-order valence-corrected chi connectivity index (χ1v) is 5.63. The maximum Gasteiger partial charge on any atom is 0.405 e. The van der Waals surface area contributed by atoms with Gasteiger partial charge < -0.3 is 16.2 Å². The lowest BCUT2D eigenvalue weighted by Crippen LogP contribution is -2.29. The summed E-state index contributed by atoms with van der Waals surface area (Å²) in [5.41, 5.74) is 7.29. The zero-order chi connectivity index (χ0) is 13.1. The summed E-state index contributed by atoms with van der Waals surface area (Å²) in [5.74, 6) is 0. The summed E-state index contributed by atoms with van der Waals surface area (Å²) in [5, 5.41) is 11.4. The molecule has 94 valence electrons. The summed E-state index contributed by atoms with van der Waals surface area (Å²) in [4.78, 5) is 10.8. The second-order valence-corrected chi connectivity index (χ2v) is 5.43. The van der Waals surface area contributed by atoms with Crippen LogP contribution in [0.1, 0.15) is 38.8 Å². The third kappa shape index (κ3) is 4.76. The van der Waals surface area contributed by atoms with Crippen LogP contribution in [0.4, 0.5) is 10.5 Å². The summed E-state index contributed by atoms with van der Waals surface area (Å²) in [7, 11) is 0. The van der Waals surface area contributed by atoms with Crippen molar-refractivity contribution in [3.63, 3.8) is 0 Å². The van der Waals surface area contributed by atoms with Crippen LogP contribution in [0.25, 0.3) is 0 Å². The van der Waals surface area contributed by atoms with Gasteiger partial charge in [0.2, 0.25) is 0 Å². The molecular formula is C13H20N2O2. The lowest BCUT2D eigenvalue weighted by molar-refractivity contribution is 0.185. The molecule has 0 radical (unpaired) electrons. The number of nitrogens with one attached hydrogen (secondary N) is 1. The molecule has 0 saturated heterocycles. The molecular weight excluding hydrogens is 216 g/mol. The Morgan fingerprint density at radius 2 is 1.88 bits per heavy atom. The molecule has 0 aliphatic carbocycles. The first-order chi connectivity index (χ1) is 7.78. The highest BCUT2D eigenvalue weighted by Crippen LogP contribution is 2.29. The van der Waals surface area contributed by atoms with Crippen LogP contribution in [0, 0.1) is 5.41 Å². The van der Waals surface area contributed by atoms with E-state index in [1.807, 2.05) is 12.1 Å². The molecule has 4 heteroatoms. The van der Waals surface area contributed by atoms with E-state index in [-0.39, 0.29) is 11.5 Å². The lowest BCUT2D eigenvalue weighted by Gasteiger charge is -2.26. The average Bonchev–Trinajstić information content (AvgIpc) is 2.14. The molecule has 1 rings (SSSR count). The van der Waals surface area contributed by atoms with Gasteiger partial charge in [0.05, 0.1) is 6.04 Å². The zero-order valence-electron chi connectivity index (χ0n) is 10.5. The first-order valence-electron chi connectivity index (χ1n) is 5.63. The van der Waals surface area contributed by atoms with E-state index in [1.54, 1.807) is 12.1 Å². The van der Waals surface area contributed by atoms with Crippen molar-refractivity contribution in [2.24, 2.45) is 5.41 Å². The second kappa shape index (κ2) is 5.08. The smallest absolute Gasteiger partial charge is 0.405 e. The number of carbonyl (C=O) groups is 1. The van der Waals surface area contributed by atoms with Crippen LogP contribution in [0.3, 0.4) is 0 Å². The molecule has 0 aromatic heterocycles. The molecule has 0 spiro atoms. The Morgan fingerprint density at radius 3 is 2.29 bits per heavy atom. The van der Waals surface area contributed by atoms with Crippen LogP contribution in [0.5, 0.6) is 0 Å². The van der Waals surface area contributed by atoms with Gasteiger partial charge in [0, 0.05) is 5.69 Å². The number of amides is 1. The van der Waals surface area contributed by atoms with Crippen molar-refractivity contribution in [3.8, 4) is 0 Å². The summed E-state index contributed by atoms with van der Waals surface area (Å²) in [6.07, 6.45) is -0.264. The van der Waals surface area contributed by atoms with Gasteiger partial charge in [-0.15, -0.1) is 0 Å². The molecule has 0 aliphatic rings. The summed E-state index contributed by atoms with van der Waals surface area (Å²) < 4.78 is 0. The molecule has 0 heterocycles. The van der Waals surface area contributed by atoms with Gasteiger partial charge in [-0.3, -0.25) is 0 Å². The monoisotopic (exact) mass is 236 g/mol. The number of hydrogen-bond acceptors (Lipinski definition) is 2. The summed E-state index contributed by atoms with van der Waals surface area (Å²) in [6, 6.07) is 7.10. The Kier molecular flexibility index (Phi) is 3.99. The quantitative estimate of drug-likeness (QED) is 0.706. The SMILES string of the molecule is CC(C)(C)CC(NC(=O)O)c1ccc(N)cc1. The van der Waals surface area contributed by atoms with Crippen LogP contribution < -0.4 is 11.1 Å². The van der Waals surface area contributed by atoms with Gasteiger partial charge in [-0.25, -0.2) is 4.79 Å². The minimum absolute atomic E-state index is 0.0501. The Balaban J connectivity index is 2.89. The average molecular weight is 236 g/mol. The van der Waals surface area contributed by atoms with Crippen LogP contribution in [-0.2, 0) is 0 Å². The normalized spacial score (nSPS) is 13.1. The Morgan fingerprint density at radius 1 is 1.35 bits per heavy atom. The van der Waals surface area contributed by atoms with Crippen LogP contribution >= 0.6 is 0 Å². The van der Waals surface area contributed by atoms with Crippen LogP contribution in [0.15, 0.2) is 24.3 Å². The highest BCUT2D eigenvalue weighted by atomic mass is 16.4. The van der Waals surface area contributed by atoms with E-state index in [0.717, 1.165) is 12.0 Å². The van der Waals surface area contributed by atoms with Crippen molar-refractivity contribution < 1.29 is 9.90 Å². The molecule has 1 aromatic carbocycles. The number of rotatable bonds is 3. The molecule has 0 aliphatic heterocycles. The standard InChI is InChI=1S/C13H20N2O2/c1-13(2,3)8-11(15-12(16)17)9-4-6-10(14)7-5-9/h4-7,11,15H,8,14H2,1-3H3,(H,16,17). The predicted octanol–water partition coefficient (Wildman–Crippen LogP) is 3.01. The predicted molar refractivity (Wildman–Crippen MR) is 68.8 cm³/mol. The van der Waals surface area contributed by atoms with Crippen molar-refractivity contribution >= 4 is 11.8 Å². The number of carboxylic acid groups (broad SMARTS) is 1. The van der Waals surface area contributed by atoms with Gasteiger partial charge in [0.1, 0.15) is 0 Å². The Bertz CT molecular complexity index is 379. The van der Waals surface area contributed by atoms with E-state index in [2.05, 4.69) is 26.1 Å². The third-order valence-electron chi connectivity index (χ3n) is 2.45. The number of anilines is 1. The van der Waals surface area contributed by atoms with Gasteiger partial charge in [0.25, 0.3) is 0 Å². The highest BCUT2D eigenvalue weighted by molar-refractivity contribution is 5.65. The molecule has 0 fully saturated rings. The highest BCUT2D eigenvalue weighted by Gasteiger charge is 2.21. The summed E-state index contributed by atoms with van der Waals surface area (Å²) >= 11 is 0. The van der Waals surface area contributed by atoms with E-state index in [4.69, 9.17) is 10.8 Å². The molecule has 0 bridgehead atoms. The van der Waals surface area contributed by atoms with Crippen molar-refractivity contribution in [1.82, 2.24) is 5.32 Å². The molecule has 1 unspecified atom stereocenters. The topological polar surface area (TPSA) is 75.3 Å². The fraction of sp³-hybridized carbons (Fsp3) is 0.462. The zero-order valence-corrected chi connectivity index (χ0v) is 10.5. The fourth-order valence-electron chi connectivity index (χ4n) is 1.74. The van der Waals surface area contributed by atoms with E-state index in [0.29, 0.717) is 5.69 Å². The minimum atomic E-state index is -1.00. The number of nitrogens with two attached hydrogens (primary N) is 1. The van der Waals surface area contributed by atoms with Gasteiger partial charge in [-0.1, -0.05) is 32.9 Å². The number of hydrogen-bond donors (Lipinski definition) is 3. The minimum Gasteiger partial charge on any atom is -0.465 e. The van der Waals surface area contributed by atoms with Crippen molar-refractivity contribution in [2.75, 3.05) is 5.73 Å². The number of nitrogen functional groups attached to an aromatic ring is 1. The van der Waals surface area contributed by atoms with Gasteiger partial charge >= 0.3 is 6.09 Å². The van der Waals surface area contributed by atoms with Crippen LogP contribution in [0.2, 0.25) is 0 Å². The molecule has 4 N–H and O–H groups in total. The molecule has 4 nitrogen and oxygen atoms in total. The van der Waals surface area contributed by atoms with Crippen molar-refractivity contribution in [1.29, 1.82) is 0 Å². The Hall–Kier alpha value is -1.71. The van der Waals surface area contributed by atoms with E-state index in [1.165, 1.54) is 0 Å². The number of benzene rings is 1. The maximum absolute atomic E-state index is 10.8. The van der Waals surface area contributed by atoms with E-state index in [9.17, 15) is 4.79 Å². The largest absolute Gasteiger partial charge is 0.465 e. The van der Waals surface area contributed by atoms with Crippen LogP contribution in [-0.4, -0.2) is 11.2 Å². The second-order valence-electron chi connectivity index (χ2n) is 5.43. The fourth-order valence-corrected chi connectivity index (χ4v) is 1.74.